The van der Waals surface area contributed by atoms with Crippen LogP contribution >= 0.6 is 0 Å². The molecule has 2 aromatic carbocycles. The number of fused-ring (bicyclic) bond motifs is 1. The van der Waals surface area contributed by atoms with Gasteiger partial charge < -0.3 is 20.5 Å². The Morgan fingerprint density at radius 3 is 2.65 bits per heavy atom. The van der Waals surface area contributed by atoms with Gasteiger partial charge in [-0.3, -0.25) is 9.59 Å². The molecule has 0 aliphatic carbocycles. The first-order valence-corrected chi connectivity index (χ1v) is 10.9. The van der Waals surface area contributed by atoms with E-state index in [-0.39, 0.29) is 23.8 Å². The van der Waals surface area contributed by atoms with Gasteiger partial charge in [0.15, 0.2) is 6.17 Å². The third-order valence-corrected chi connectivity index (χ3v) is 5.89. The summed E-state index contributed by atoms with van der Waals surface area (Å²) >= 11 is 0. The van der Waals surface area contributed by atoms with Crippen LogP contribution in [0.2, 0.25) is 0 Å². The highest BCUT2D eigenvalue weighted by Gasteiger charge is 2.41. The minimum absolute atomic E-state index is 0.0433. The number of aromatic nitrogens is 1. The van der Waals surface area contributed by atoms with Crippen LogP contribution in [0, 0.1) is 17.8 Å². The molecule has 3 atom stereocenters. The van der Waals surface area contributed by atoms with Gasteiger partial charge in [-0.1, -0.05) is 37.0 Å². The highest BCUT2D eigenvalue weighted by Crippen LogP contribution is 2.33. The number of carbonyl (C=O) groups excluding carboxylic acids is 2. The largest absolute Gasteiger partial charge is 0.496 e. The number of nitrogens with two attached hydrogens (primary N) is 1. The Hall–Kier alpha value is -4.12. The molecule has 34 heavy (non-hydrogen) atoms. The maximum Gasteiger partial charge on any atom is 0.255 e. The van der Waals surface area contributed by atoms with Crippen LogP contribution < -0.4 is 20.5 Å². The van der Waals surface area contributed by atoms with Gasteiger partial charge in [0.1, 0.15) is 12.4 Å². The Bertz CT molecular complexity index is 1300. The highest BCUT2D eigenvalue weighted by molar-refractivity contribution is 6.03. The van der Waals surface area contributed by atoms with E-state index in [1.54, 1.807) is 18.3 Å². The molecule has 0 radical (unpaired) electrons. The fraction of sp³-hybridized carbons (Fsp3) is 0.269. The van der Waals surface area contributed by atoms with Crippen molar-refractivity contribution in [3.63, 3.8) is 0 Å². The lowest BCUT2D eigenvalue weighted by Gasteiger charge is -2.19. The van der Waals surface area contributed by atoms with Gasteiger partial charge in [-0.05, 0) is 30.7 Å². The molecule has 1 aromatic heterocycles. The molecule has 0 bridgehead atoms. The van der Waals surface area contributed by atoms with Crippen molar-refractivity contribution in [1.29, 1.82) is 0 Å². The standard InChI is InChI=1S/C26H24FN3O4/c1-3-17-21(30-25(32)23(17)27)14-34-26-19-12-22(33-2)20(24(28)31)11-18(19)16(13-29-26)10-9-15-7-5-4-6-8-15/h4-8,11-13,17,21,23H,3,14H2,1-2H3,(H2,28,31)(H,30,32)/t17-,21+,23-/m0/s1. The van der Waals surface area contributed by atoms with Crippen molar-refractivity contribution in [3.05, 3.63) is 65.4 Å². The van der Waals surface area contributed by atoms with Crippen molar-refractivity contribution in [3.8, 4) is 23.5 Å². The average molecular weight is 461 g/mol. The topological polar surface area (TPSA) is 104 Å². The molecule has 1 saturated heterocycles. The summed E-state index contributed by atoms with van der Waals surface area (Å²) in [5.74, 6) is 4.94. The summed E-state index contributed by atoms with van der Waals surface area (Å²) in [7, 11) is 1.43. The fourth-order valence-electron chi connectivity index (χ4n) is 4.07. The van der Waals surface area contributed by atoms with E-state index in [1.165, 1.54) is 7.11 Å². The zero-order chi connectivity index (χ0) is 24.2. The number of hydrogen-bond acceptors (Lipinski definition) is 5. The number of nitrogens with zero attached hydrogens (tertiary/aromatic N) is 1. The molecule has 0 spiro atoms. The van der Waals surface area contributed by atoms with Crippen LogP contribution in [0.4, 0.5) is 4.39 Å². The number of amides is 2. The van der Waals surface area contributed by atoms with Gasteiger partial charge in [-0.15, -0.1) is 0 Å². The van der Waals surface area contributed by atoms with Gasteiger partial charge in [-0.25, -0.2) is 9.37 Å². The molecule has 8 heteroatoms. The molecule has 3 N–H and O–H groups in total. The van der Waals surface area contributed by atoms with Crippen LogP contribution in [0.3, 0.4) is 0 Å². The first-order chi connectivity index (χ1) is 16.4. The molecule has 1 aliphatic rings. The normalized spacial score (nSPS) is 19.3. The van der Waals surface area contributed by atoms with Crippen LogP contribution in [-0.4, -0.2) is 42.7 Å². The van der Waals surface area contributed by atoms with Crippen LogP contribution in [0.25, 0.3) is 10.8 Å². The number of benzene rings is 2. The molecule has 0 saturated carbocycles. The van der Waals surface area contributed by atoms with E-state index in [4.69, 9.17) is 15.2 Å². The third-order valence-electron chi connectivity index (χ3n) is 5.89. The van der Waals surface area contributed by atoms with E-state index in [1.807, 2.05) is 37.3 Å². The highest BCUT2D eigenvalue weighted by atomic mass is 19.1. The quantitative estimate of drug-likeness (QED) is 0.550. The number of ether oxygens (including phenoxy) is 2. The zero-order valence-corrected chi connectivity index (χ0v) is 18.8. The molecule has 7 nitrogen and oxygen atoms in total. The van der Waals surface area contributed by atoms with Gasteiger partial charge in [-0.2, -0.15) is 0 Å². The molecular formula is C26H24FN3O4. The molecule has 0 unspecified atom stereocenters. The number of carbonyl (C=O) groups is 2. The first-order valence-electron chi connectivity index (χ1n) is 10.9. The van der Waals surface area contributed by atoms with Crippen molar-refractivity contribution in [2.75, 3.05) is 13.7 Å². The number of pyridine rings is 1. The molecule has 4 rings (SSSR count). The molecule has 1 aliphatic heterocycles. The Morgan fingerprint density at radius 1 is 1.21 bits per heavy atom. The second-order valence-corrected chi connectivity index (χ2v) is 7.96. The van der Waals surface area contributed by atoms with Gasteiger partial charge in [0.2, 0.25) is 5.88 Å². The lowest BCUT2D eigenvalue weighted by atomic mass is 9.97. The molecule has 1 fully saturated rings. The minimum atomic E-state index is -1.56. The summed E-state index contributed by atoms with van der Waals surface area (Å²) in [5.41, 5.74) is 7.15. The Balaban J connectivity index is 1.75. The minimum Gasteiger partial charge on any atom is -0.496 e. The van der Waals surface area contributed by atoms with Crippen LogP contribution in [0.5, 0.6) is 11.6 Å². The Kier molecular flexibility index (Phi) is 6.64. The number of halogens is 1. The first kappa shape index (κ1) is 23.1. The lowest BCUT2D eigenvalue weighted by molar-refractivity contribution is -0.123. The summed E-state index contributed by atoms with van der Waals surface area (Å²) in [5, 5.41) is 3.80. The predicted molar refractivity (Wildman–Crippen MR) is 125 cm³/mol. The average Bonchev–Trinajstić information content (AvgIpc) is 3.13. The van der Waals surface area contributed by atoms with E-state index in [0.29, 0.717) is 22.8 Å². The monoisotopic (exact) mass is 461 g/mol. The van der Waals surface area contributed by atoms with Crippen molar-refractivity contribution in [2.24, 2.45) is 11.7 Å². The SMILES string of the molecule is CC[C@@H]1[C@H](F)C(=O)N[C@@H]1COc1ncc(C#Cc2ccccc2)c2cc(C(N)=O)c(OC)cc12. The van der Waals surface area contributed by atoms with E-state index in [9.17, 15) is 14.0 Å². The van der Waals surface area contributed by atoms with Crippen LogP contribution in [0.15, 0.2) is 48.7 Å². The number of nitrogens with one attached hydrogen (secondary N) is 1. The van der Waals surface area contributed by atoms with Crippen molar-refractivity contribution < 1.29 is 23.5 Å². The Morgan fingerprint density at radius 2 is 1.97 bits per heavy atom. The number of alkyl halides is 1. The number of hydrogen-bond donors (Lipinski definition) is 2. The third kappa shape index (κ3) is 4.50. The fourth-order valence-corrected chi connectivity index (χ4v) is 4.07. The van der Waals surface area contributed by atoms with E-state index < -0.39 is 29.9 Å². The molecule has 2 heterocycles. The van der Waals surface area contributed by atoms with Crippen molar-refractivity contribution in [2.45, 2.75) is 25.6 Å². The van der Waals surface area contributed by atoms with E-state index in [0.717, 1.165) is 5.56 Å². The van der Waals surface area contributed by atoms with Crippen molar-refractivity contribution in [1.82, 2.24) is 10.3 Å². The predicted octanol–water partition coefficient (Wildman–Crippen LogP) is 2.98. The molecular weight excluding hydrogens is 437 g/mol. The van der Waals surface area contributed by atoms with E-state index >= 15 is 0 Å². The van der Waals surface area contributed by atoms with Crippen LogP contribution in [0.1, 0.15) is 34.8 Å². The molecule has 174 valence electrons. The smallest absolute Gasteiger partial charge is 0.255 e. The second-order valence-electron chi connectivity index (χ2n) is 7.96. The number of primary amides is 1. The number of methoxy groups -OCH3 is 1. The lowest BCUT2D eigenvalue weighted by Crippen LogP contribution is -2.34. The van der Waals surface area contributed by atoms with Gasteiger partial charge in [0.25, 0.3) is 11.8 Å². The summed E-state index contributed by atoms with van der Waals surface area (Å²) in [6.07, 6.45) is 0.483. The molecule has 3 aromatic rings. The molecule has 2 amide bonds. The summed E-state index contributed by atoms with van der Waals surface area (Å²) in [6, 6.07) is 12.2. The second kappa shape index (κ2) is 9.79. The summed E-state index contributed by atoms with van der Waals surface area (Å²) in [6.45, 7) is 1.87. The summed E-state index contributed by atoms with van der Waals surface area (Å²) < 4.78 is 25.4. The zero-order valence-electron chi connectivity index (χ0n) is 18.8. The van der Waals surface area contributed by atoms with Gasteiger partial charge in [0.05, 0.1) is 24.3 Å². The van der Waals surface area contributed by atoms with Gasteiger partial charge >= 0.3 is 0 Å². The van der Waals surface area contributed by atoms with Crippen molar-refractivity contribution >= 4 is 22.6 Å². The maximum atomic E-state index is 14.1. The Labute approximate surface area is 196 Å². The number of rotatable bonds is 6. The maximum absolute atomic E-state index is 14.1. The van der Waals surface area contributed by atoms with Gasteiger partial charge in [0, 0.05) is 28.5 Å². The van der Waals surface area contributed by atoms with Crippen LogP contribution in [-0.2, 0) is 4.79 Å². The summed E-state index contributed by atoms with van der Waals surface area (Å²) in [4.78, 5) is 28.2. The van der Waals surface area contributed by atoms with E-state index in [2.05, 4.69) is 22.1 Å².